The van der Waals surface area contributed by atoms with Crippen LogP contribution in [0.3, 0.4) is 0 Å². The number of nitrogens with zero attached hydrogens (tertiary/aromatic N) is 2. The number of H-pyrrole nitrogens is 1. The van der Waals surface area contributed by atoms with Gasteiger partial charge in [-0.25, -0.2) is 19.2 Å². The summed E-state index contributed by atoms with van der Waals surface area (Å²) in [5.41, 5.74) is 2.89. The molecule has 0 spiro atoms. The predicted molar refractivity (Wildman–Crippen MR) is 131 cm³/mol. The number of aromatic amines is 1. The summed E-state index contributed by atoms with van der Waals surface area (Å²) in [4.78, 5) is 54.6. The van der Waals surface area contributed by atoms with Gasteiger partial charge in [0, 0.05) is 37.8 Å². The smallest absolute Gasteiger partial charge is 0.417 e. The van der Waals surface area contributed by atoms with Crippen LogP contribution in [0.5, 0.6) is 0 Å². The number of carboxylic acids is 1. The highest BCUT2D eigenvalue weighted by Crippen LogP contribution is 2.28. The molecule has 2 aromatic carbocycles. The zero-order valence-electron chi connectivity index (χ0n) is 19.1. The van der Waals surface area contributed by atoms with Gasteiger partial charge in [0.25, 0.3) is 0 Å². The van der Waals surface area contributed by atoms with Crippen LogP contribution in [0.25, 0.3) is 11.1 Å². The zero-order valence-corrected chi connectivity index (χ0v) is 19.9. The molecule has 4 N–H and O–H groups in total. The van der Waals surface area contributed by atoms with Crippen molar-refractivity contribution in [2.45, 2.75) is 37.9 Å². The molecule has 1 atom stereocenters. The molecular formula is C24H24ClN5O6. The van der Waals surface area contributed by atoms with Crippen LogP contribution >= 0.6 is 11.6 Å². The first kappa shape index (κ1) is 23.7. The summed E-state index contributed by atoms with van der Waals surface area (Å²) in [6, 6.07) is 8.83. The summed E-state index contributed by atoms with van der Waals surface area (Å²) in [5, 5.41) is 15.4. The number of anilines is 1. The Morgan fingerprint density at radius 3 is 2.69 bits per heavy atom. The molecule has 0 unspecified atom stereocenters. The second kappa shape index (κ2) is 9.57. The number of hydrogen-bond donors (Lipinski definition) is 4. The van der Waals surface area contributed by atoms with E-state index < -0.39 is 23.8 Å². The van der Waals surface area contributed by atoms with Gasteiger partial charge >= 0.3 is 23.8 Å². The molecule has 3 aromatic rings. The minimum atomic E-state index is -1.21. The molecule has 2 aliphatic rings. The summed E-state index contributed by atoms with van der Waals surface area (Å²) in [6.07, 6.45) is 1.12. The molecule has 0 aliphatic carbocycles. The van der Waals surface area contributed by atoms with E-state index in [1.807, 2.05) is 24.3 Å². The van der Waals surface area contributed by atoms with Crippen molar-refractivity contribution in [3.05, 3.63) is 63.1 Å². The van der Waals surface area contributed by atoms with Gasteiger partial charge in [-0.3, -0.25) is 4.98 Å². The number of para-hydroxylation sites is 1. The van der Waals surface area contributed by atoms with E-state index in [0.717, 1.165) is 11.3 Å². The Morgan fingerprint density at radius 1 is 1.19 bits per heavy atom. The number of nitrogens with one attached hydrogen (secondary N) is 3. The fraction of sp³-hybridized carbons (Fsp3) is 0.333. The second-order valence-electron chi connectivity index (χ2n) is 8.94. The average molecular weight is 514 g/mol. The Kier molecular flexibility index (Phi) is 6.31. The lowest BCUT2D eigenvalue weighted by Gasteiger charge is -2.40. The number of oxazole rings is 1. The van der Waals surface area contributed by atoms with Crippen molar-refractivity contribution in [3.8, 4) is 0 Å². The first-order chi connectivity index (χ1) is 17.3. The maximum Gasteiger partial charge on any atom is 0.417 e. The van der Waals surface area contributed by atoms with E-state index in [1.54, 1.807) is 9.80 Å². The number of urea groups is 2. The predicted octanol–water partition coefficient (Wildman–Crippen LogP) is 2.99. The quantitative estimate of drug-likeness (QED) is 0.412. The SMILES string of the molecule is O=C(O)[C@@H](Cc1cc(Cl)c2[nH]c(=O)oc2c1)NC(=O)N1CCC(N2Cc3ccccc3NC2=O)CC1. The third-order valence-electron chi connectivity index (χ3n) is 6.63. The van der Waals surface area contributed by atoms with Crippen LogP contribution < -0.4 is 16.4 Å². The lowest BCUT2D eigenvalue weighted by atomic mass is 10.0. The molecule has 4 amide bonds. The number of amides is 4. The van der Waals surface area contributed by atoms with Gasteiger partial charge < -0.3 is 30.0 Å². The van der Waals surface area contributed by atoms with Gasteiger partial charge in [-0.05, 0) is 42.2 Å². The van der Waals surface area contributed by atoms with Crippen molar-refractivity contribution in [2.24, 2.45) is 0 Å². The number of benzene rings is 2. The molecule has 0 saturated carbocycles. The Bertz CT molecular complexity index is 1390. The van der Waals surface area contributed by atoms with E-state index in [1.165, 1.54) is 12.1 Å². The van der Waals surface area contributed by atoms with Gasteiger partial charge in [0.05, 0.1) is 5.02 Å². The number of carbonyl (C=O) groups is 3. The molecular weight excluding hydrogens is 490 g/mol. The normalized spacial score (nSPS) is 17.0. The van der Waals surface area contributed by atoms with Crippen LogP contribution in [0.1, 0.15) is 24.0 Å². The average Bonchev–Trinajstić information content (AvgIpc) is 3.24. The molecule has 12 heteroatoms. The molecule has 11 nitrogen and oxygen atoms in total. The topological polar surface area (TPSA) is 148 Å². The fourth-order valence-electron chi connectivity index (χ4n) is 4.76. The van der Waals surface area contributed by atoms with E-state index >= 15 is 0 Å². The fourth-order valence-corrected chi connectivity index (χ4v) is 5.04. The van der Waals surface area contributed by atoms with Crippen LogP contribution in [0.4, 0.5) is 15.3 Å². The van der Waals surface area contributed by atoms with Crippen LogP contribution in [0, 0.1) is 0 Å². The van der Waals surface area contributed by atoms with Gasteiger partial charge in [0.15, 0.2) is 5.58 Å². The van der Waals surface area contributed by atoms with Crippen molar-refractivity contribution in [2.75, 3.05) is 18.4 Å². The highest BCUT2D eigenvalue weighted by molar-refractivity contribution is 6.34. The number of piperidine rings is 1. The van der Waals surface area contributed by atoms with Crippen LogP contribution in [-0.4, -0.2) is 63.1 Å². The minimum absolute atomic E-state index is 0.0254. The standard InChI is InChI=1S/C24H24ClN5O6/c25-16-9-13(11-19-20(16)28-24(35)36-19)10-18(21(31)32)27-22(33)29-7-5-15(6-8-29)30-12-14-3-1-2-4-17(14)26-23(30)34/h1-4,9,11,15,18H,5-8,10,12H2,(H,26,34)(H,27,33)(H,28,35)(H,31,32)/t18-/m1/s1. The molecule has 1 fully saturated rings. The Morgan fingerprint density at radius 2 is 1.94 bits per heavy atom. The molecule has 3 heterocycles. The summed E-state index contributed by atoms with van der Waals surface area (Å²) in [7, 11) is 0. The highest BCUT2D eigenvalue weighted by atomic mass is 35.5. The van der Waals surface area contributed by atoms with Crippen molar-refractivity contribution >= 4 is 46.4 Å². The molecule has 5 rings (SSSR count). The van der Waals surface area contributed by atoms with Gasteiger partial charge in [0.1, 0.15) is 11.6 Å². The Labute approximate surface area is 210 Å². The highest BCUT2D eigenvalue weighted by Gasteiger charge is 2.33. The number of rotatable bonds is 5. The number of halogens is 1. The Balaban J connectivity index is 1.20. The number of fused-ring (bicyclic) bond motifs is 2. The lowest BCUT2D eigenvalue weighted by molar-refractivity contribution is -0.139. The third kappa shape index (κ3) is 4.74. The monoisotopic (exact) mass is 513 g/mol. The number of likely N-dealkylation sites (tertiary alicyclic amines) is 1. The van der Waals surface area contributed by atoms with E-state index in [9.17, 15) is 24.3 Å². The lowest BCUT2D eigenvalue weighted by Crippen LogP contribution is -2.54. The molecule has 1 aromatic heterocycles. The summed E-state index contributed by atoms with van der Waals surface area (Å²) in [6.45, 7) is 1.29. The molecule has 36 heavy (non-hydrogen) atoms. The summed E-state index contributed by atoms with van der Waals surface area (Å²) in [5.74, 6) is -1.87. The number of hydrogen-bond acceptors (Lipinski definition) is 5. The van der Waals surface area contributed by atoms with Crippen molar-refractivity contribution < 1.29 is 23.9 Å². The first-order valence-corrected chi connectivity index (χ1v) is 11.9. The first-order valence-electron chi connectivity index (χ1n) is 11.5. The minimum Gasteiger partial charge on any atom is -0.480 e. The third-order valence-corrected chi connectivity index (χ3v) is 6.93. The zero-order chi connectivity index (χ0) is 25.4. The van der Waals surface area contributed by atoms with Crippen LogP contribution in [0.2, 0.25) is 5.02 Å². The maximum atomic E-state index is 12.9. The van der Waals surface area contributed by atoms with E-state index in [0.29, 0.717) is 43.6 Å². The van der Waals surface area contributed by atoms with Crippen LogP contribution in [0.15, 0.2) is 45.6 Å². The second-order valence-corrected chi connectivity index (χ2v) is 9.35. The van der Waals surface area contributed by atoms with Gasteiger partial charge in [-0.15, -0.1) is 0 Å². The van der Waals surface area contributed by atoms with Crippen molar-refractivity contribution in [1.29, 1.82) is 0 Å². The van der Waals surface area contributed by atoms with Gasteiger partial charge in [0.2, 0.25) is 0 Å². The number of carbonyl (C=O) groups excluding carboxylic acids is 2. The van der Waals surface area contributed by atoms with Crippen molar-refractivity contribution in [3.63, 3.8) is 0 Å². The maximum absolute atomic E-state index is 12.9. The van der Waals surface area contributed by atoms with Gasteiger partial charge in [-0.2, -0.15) is 0 Å². The van der Waals surface area contributed by atoms with Crippen LogP contribution in [-0.2, 0) is 17.8 Å². The summed E-state index contributed by atoms with van der Waals surface area (Å²) < 4.78 is 5.02. The number of aromatic nitrogens is 1. The Hall–Kier alpha value is -3.99. The molecule has 188 valence electrons. The molecule has 1 saturated heterocycles. The molecule has 2 aliphatic heterocycles. The number of carboxylic acid groups (broad SMARTS) is 1. The largest absolute Gasteiger partial charge is 0.480 e. The molecule has 0 radical (unpaired) electrons. The summed E-state index contributed by atoms with van der Waals surface area (Å²) >= 11 is 6.18. The molecule has 0 bridgehead atoms. The number of aliphatic carboxylic acids is 1. The van der Waals surface area contributed by atoms with Crippen molar-refractivity contribution in [1.82, 2.24) is 20.1 Å². The van der Waals surface area contributed by atoms with Gasteiger partial charge in [-0.1, -0.05) is 29.8 Å². The van der Waals surface area contributed by atoms with E-state index in [4.69, 9.17) is 16.0 Å². The van der Waals surface area contributed by atoms with E-state index in [-0.39, 0.29) is 29.1 Å². The van der Waals surface area contributed by atoms with E-state index in [2.05, 4.69) is 15.6 Å².